The zero-order valence-electron chi connectivity index (χ0n) is 6.91. The van der Waals surface area contributed by atoms with E-state index in [0.29, 0.717) is 0 Å². The number of nitrogens with one attached hydrogen (secondary N) is 1. The summed E-state index contributed by atoms with van der Waals surface area (Å²) in [4.78, 5) is 10.00. The first-order chi connectivity index (χ1) is 5.29. The van der Waals surface area contributed by atoms with Gasteiger partial charge in [0.2, 0.25) is 0 Å². The monoisotopic (exact) mass is 213 g/mol. The smallest absolute Gasteiger partial charge is 1.00 e. The Morgan fingerprint density at radius 2 is 1.85 bits per heavy atom. The molecule has 0 bridgehead atoms. The first-order valence-electron chi connectivity index (χ1n) is 3.28. The molecule has 0 saturated heterocycles. The molecule has 1 aromatic rings. The van der Waals surface area contributed by atoms with Crippen molar-refractivity contribution < 1.29 is 39.5 Å². The number of para-hydroxylation sites is 1. The number of carboxylic acid groups (broad SMARTS) is 1. The number of hydrogen-bond donors (Lipinski definition) is 1. The molecule has 0 saturated carbocycles. The summed E-state index contributed by atoms with van der Waals surface area (Å²) in [6, 6.07) is 9.12. The average Bonchev–Trinajstić information content (AvgIpc) is 2.03. The maximum Gasteiger partial charge on any atom is 1.00 e. The van der Waals surface area contributed by atoms with Gasteiger partial charge in [0.1, 0.15) is 0 Å². The van der Waals surface area contributed by atoms with Crippen molar-refractivity contribution in [1.82, 2.24) is 0 Å². The van der Waals surface area contributed by atoms with Crippen LogP contribution in [-0.4, -0.2) is 63.9 Å². The fraction of sp³-hybridized carbons (Fsp3) is 0.125. The maximum atomic E-state index is 10.00. The van der Waals surface area contributed by atoms with E-state index in [1.54, 1.807) is 12.1 Å². The number of carboxylic acids is 1. The third-order valence-electron chi connectivity index (χ3n) is 1.21. The van der Waals surface area contributed by atoms with E-state index in [1.807, 2.05) is 18.2 Å². The Morgan fingerprint density at radius 1 is 1.31 bits per heavy atom. The average molecular weight is 213 g/mol. The third kappa shape index (κ3) is 8.14. The Hall–Kier alpha value is 1.13. The van der Waals surface area contributed by atoms with Crippen LogP contribution in [0.15, 0.2) is 30.3 Å². The third-order valence-corrected chi connectivity index (χ3v) is 1.21. The SMILES string of the molecule is O=C([O-])CNc1ccccc1.[KH].[Na+]. The van der Waals surface area contributed by atoms with Crippen molar-refractivity contribution in [1.29, 1.82) is 0 Å². The second-order valence-electron chi connectivity index (χ2n) is 2.09. The second kappa shape index (κ2) is 9.67. The molecule has 0 spiro atoms. The minimum atomic E-state index is -1.10. The second-order valence-corrected chi connectivity index (χ2v) is 2.09. The van der Waals surface area contributed by atoms with E-state index in [9.17, 15) is 9.90 Å². The largest absolute Gasteiger partial charge is 1.00 e. The van der Waals surface area contributed by atoms with Crippen LogP contribution in [0.4, 0.5) is 5.69 Å². The summed E-state index contributed by atoms with van der Waals surface area (Å²) >= 11 is 0. The summed E-state index contributed by atoms with van der Waals surface area (Å²) in [5.41, 5.74) is 0.789. The number of carbonyl (C=O) groups is 1. The Kier molecular flexibility index (Phi) is 12.3. The van der Waals surface area contributed by atoms with Gasteiger partial charge in [-0.15, -0.1) is 0 Å². The van der Waals surface area contributed by atoms with Gasteiger partial charge in [0.05, 0.1) is 12.5 Å². The maximum absolute atomic E-state index is 10.00. The van der Waals surface area contributed by atoms with Crippen LogP contribution in [0.25, 0.3) is 0 Å². The molecule has 0 unspecified atom stereocenters. The Morgan fingerprint density at radius 3 is 2.31 bits per heavy atom. The van der Waals surface area contributed by atoms with Crippen LogP contribution in [0.1, 0.15) is 0 Å². The number of carbonyl (C=O) groups excluding carboxylic acids is 1. The summed E-state index contributed by atoms with van der Waals surface area (Å²) in [5, 5.41) is 12.7. The van der Waals surface area contributed by atoms with Gasteiger partial charge in [0.25, 0.3) is 0 Å². The van der Waals surface area contributed by atoms with E-state index < -0.39 is 5.97 Å². The van der Waals surface area contributed by atoms with Gasteiger partial charge in [-0.2, -0.15) is 0 Å². The van der Waals surface area contributed by atoms with Crippen LogP contribution in [0.3, 0.4) is 0 Å². The summed E-state index contributed by atoms with van der Waals surface area (Å²) in [6.45, 7) is -0.149. The van der Waals surface area contributed by atoms with Crippen molar-refractivity contribution in [3.63, 3.8) is 0 Å². The van der Waals surface area contributed by atoms with Crippen LogP contribution in [-0.2, 0) is 4.79 Å². The summed E-state index contributed by atoms with van der Waals surface area (Å²) in [7, 11) is 0. The van der Waals surface area contributed by atoms with Crippen LogP contribution in [0.2, 0.25) is 0 Å². The molecule has 0 amide bonds. The van der Waals surface area contributed by atoms with Crippen LogP contribution < -0.4 is 40.0 Å². The van der Waals surface area contributed by atoms with Crippen LogP contribution in [0.5, 0.6) is 0 Å². The molecule has 0 atom stereocenters. The zero-order chi connectivity index (χ0) is 8.10. The van der Waals surface area contributed by atoms with Crippen LogP contribution >= 0.6 is 0 Å². The molecular formula is C8H9KNNaO2. The van der Waals surface area contributed by atoms with Gasteiger partial charge in [-0.25, -0.2) is 0 Å². The van der Waals surface area contributed by atoms with Gasteiger partial charge < -0.3 is 15.2 Å². The molecule has 1 aromatic carbocycles. The summed E-state index contributed by atoms with van der Waals surface area (Å²) < 4.78 is 0. The minimum absolute atomic E-state index is 0. The molecule has 1 rings (SSSR count). The van der Waals surface area contributed by atoms with Crippen molar-refractivity contribution >= 4 is 63.0 Å². The molecule has 60 valence electrons. The van der Waals surface area contributed by atoms with Gasteiger partial charge in [-0.3, -0.25) is 0 Å². The van der Waals surface area contributed by atoms with Gasteiger partial charge in [0.15, 0.2) is 0 Å². The number of aliphatic carboxylic acids is 1. The van der Waals surface area contributed by atoms with E-state index in [1.165, 1.54) is 0 Å². The first kappa shape index (κ1) is 16.6. The van der Waals surface area contributed by atoms with Crippen molar-refractivity contribution in [2.24, 2.45) is 0 Å². The van der Waals surface area contributed by atoms with Crippen LogP contribution in [0, 0.1) is 0 Å². The van der Waals surface area contributed by atoms with E-state index in [0.717, 1.165) is 5.69 Å². The molecule has 0 heterocycles. The Bertz CT molecular complexity index is 243. The molecule has 5 heteroatoms. The zero-order valence-corrected chi connectivity index (χ0v) is 8.91. The molecule has 0 aromatic heterocycles. The molecule has 0 radical (unpaired) electrons. The van der Waals surface area contributed by atoms with Gasteiger partial charge >= 0.3 is 80.9 Å². The van der Waals surface area contributed by atoms with E-state index in [2.05, 4.69) is 5.32 Å². The molecule has 0 aliphatic carbocycles. The molecule has 13 heavy (non-hydrogen) atoms. The van der Waals surface area contributed by atoms with Gasteiger partial charge in [-0.1, -0.05) is 18.2 Å². The molecule has 0 fully saturated rings. The van der Waals surface area contributed by atoms with Gasteiger partial charge in [-0.05, 0) is 12.1 Å². The van der Waals surface area contributed by atoms with E-state index in [-0.39, 0.29) is 87.5 Å². The molecule has 1 N–H and O–H groups in total. The first-order valence-corrected chi connectivity index (χ1v) is 3.28. The minimum Gasteiger partial charge on any atom is 1.00 e. The quantitative estimate of drug-likeness (QED) is 0.524. The summed E-state index contributed by atoms with van der Waals surface area (Å²) in [6.07, 6.45) is 0. The fourth-order valence-electron chi connectivity index (χ4n) is 0.730. The van der Waals surface area contributed by atoms with E-state index >= 15 is 0 Å². The number of rotatable bonds is 3. The molecule has 3 nitrogen and oxygen atoms in total. The standard InChI is InChI=1S/C8H9NO2.K.Na.H/c10-8(11)6-9-7-4-2-1-3-5-7;;;/h1-5,9H,6H2,(H,10,11);;;/q;;+1;/p-1. The van der Waals surface area contributed by atoms with E-state index in [4.69, 9.17) is 0 Å². The van der Waals surface area contributed by atoms with Gasteiger partial charge in [0, 0.05) is 5.69 Å². The molecule has 0 aliphatic rings. The topological polar surface area (TPSA) is 52.2 Å². The Labute approximate surface area is 142 Å². The molecule has 0 aliphatic heterocycles. The number of anilines is 1. The predicted molar refractivity (Wildman–Crippen MR) is 47.1 cm³/mol. The normalized spacial score (nSPS) is 7.69. The summed E-state index contributed by atoms with van der Waals surface area (Å²) in [5.74, 6) is -1.10. The van der Waals surface area contributed by atoms with Crippen molar-refractivity contribution in [2.75, 3.05) is 11.9 Å². The number of hydrogen-bond acceptors (Lipinski definition) is 3. The fourth-order valence-corrected chi connectivity index (χ4v) is 0.730. The molecular weight excluding hydrogens is 204 g/mol. The number of benzene rings is 1. The predicted octanol–water partition coefficient (Wildman–Crippen LogP) is -3.80. The van der Waals surface area contributed by atoms with Crippen molar-refractivity contribution in [3.05, 3.63) is 30.3 Å². The Balaban J connectivity index is 0. The van der Waals surface area contributed by atoms with Crippen molar-refractivity contribution in [3.8, 4) is 0 Å². The van der Waals surface area contributed by atoms with Crippen molar-refractivity contribution in [2.45, 2.75) is 0 Å².